The third-order valence-corrected chi connectivity index (χ3v) is 4.23. The van der Waals surface area contributed by atoms with E-state index >= 15 is 0 Å². The van der Waals surface area contributed by atoms with Crippen LogP contribution in [0.4, 0.5) is 0 Å². The first-order chi connectivity index (χ1) is 10.8. The van der Waals surface area contributed by atoms with Gasteiger partial charge in [-0.05, 0) is 50.3 Å². The summed E-state index contributed by atoms with van der Waals surface area (Å²) in [4.78, 5) is 16.8. The minimum absolute atomic E-state index is 0.000941. The molecule has 2 aromatic rings. The predicted molar refractivity (Wildman–Crippen MR) is 85.4 cm³/mol. The van der Waals surface area contributed by atoms with E-state index in [1.807, 2.05) is 12.1 Å². The number of hydrogen-bond donors (Lipinski definition) is 0. The molecule has 0 N–H and O–H groups in total. The van der Waals surface area contributed by atoms with Crippen LogP contribution in [0, 0.1) is 0 Å². The first kappa shape index (κ1) is 15.0. The van der Waals surface area contributed by atoms with E-state index in [-0.39, 0.29) is 5.56 Å². The van der Waals surface area contributed by atoms with E-state index in [4.69, 9.17) is 9.47 Å². The van der Waals surface area contributed by atoms with Crippen LogP contribution in [0.5, 0.6) is 5.75 Å². The first-order valence-corrected chi connectivity index (χ1v) is 7.93. The number of aromatic nitrogens is 2. The van der Waals surface area contributed by atoms with Gasteiger partial charge < -0.3 is 9.47 Å². The molecule has 0 spiro atoms. The molecule has 1 aliphatic rings. The van der Waals surface area contributed by atoms with Gasteiger partial charge in [0.25, 0.3) is 5.56 Å². The van der Waals surface area contributed by atoms with Crippen molar-refractivity contribution in [1.29, 1.82) is 0 Å². The van der Waals surface area contributed by atoms with Crippen LogP contribution < -0.4 is 10.3 Å². The highest BCUT2D eigenvalue weighted by molar-refractivity contribution is 5.78. The molecule has 0 bridgehead atoms. The maximum Gasteiger partial charge on any atom is 0.261 e. The molecular weight excluding hydrogens is 280 g/mol. The normalized spacial score (nSPS) is 18.0. The summed E-state index contributed by atoms with van der Waals surface area (Å²) in [6, 6.07) is 5.39. The zero-order chi connectivity index (χ0) is 15.4. The SMILES string of the molecule is COc1ccc2ncn(CCCC[C@@H]3CCCO3)c(=O)c2c1. The van der Waals surface area contributed by atoms with Crippen LogP contribution in [-0.4, -0.2) is 29.4 Å². The Bertz CT molecular complexity index is 690. The zero-order valence-electron chi connectivity index (χ0n) is 13.0. The van der Waals surface area contributed by atoms with Gasteiger partial charge in [-0.3, -0.25) is 9.36 Å². The Morgan fingerprint density at radius 3 is 3.09 bits per heavy atom. The van der Waals surface area contributed by atoms with Gasteiger partial charge >= 0.3 is 0 Å². The molecule has 1 fully saturated rings. The quantitative estimate of drug-likeness (QED) is 0.770. The second-order valence-corrected chi connectivity index (χ2v) is 5.76. The molecule has 1 aromatic carbocycles. The average Bonchev–Trinajstić information content (AvgIpc) is 3.06. The molecule has 1 saturated heterocycles. The van der Waals surface area contributed by atoms with Crippen LogP contribution in [0.15, 0.2) is 29.3 Å². The Labute approximate surface area is 129 Å². The lowest BCUT2D eigenvalue weighted by Gasteiger charge is -2.10. The lowest BCUT2D eigenvalue weighted by Crippen LogP contribution is -2.21. The van der Waals surface area contributed by atoms with Gasteiger partial charge in [-0.25, -0.2) is 4.98 Å². The molecule has 5 heteroatoms. The molecule has 0 saturated carbocycles. The molecule has 1 aliphatic heterocycles. The number of aryl methyl sites for hydroxylation is 1. The van der Waals surface area contributed by atoms with Crippen LogP contribution in [0.25, 0.3) is 10.9 Å². The van der Waals surface area contributed by atoms with Crippen LogP contribution in [-0.2, 0) is 11.3 Å². The van der Waals surface area contributed by atoms with Crippen molar-refractivity contribution in [2.45, 2.75) is 44.8 Å². The van der Waals surface area contributed by atoms with Crippen molar-refractivity contribution >= 4 is 10.9 Å². The Kier molecular flexibility index (Phi) is 4.73. The summed E-state index contributed by atoms with van der Waals surface area (Å²) in [5.41, 5.74) is 0.711. The molecule has 22 heavy (non-hydrogen) atoms. The topological polar surface area (TPSA) is 53.4 Å². The van der Waals surface area contributed by atoms with Gasteiger partial charge in [-0.15, -0.1) is 0 Å². The minimum atomic E-state index is 0.000941. The van der Waals surface area contributed by atoms with Crippen molar-refractivity contribution in [1.82, 2.24) is 9.55 Å². The van der Waals surface area contributed by atoms with E-state index in [0.717, 1.165) is 25.9 Å². The summed E-state index contributed by atoms with van der Waals surface area (Å²) in [5.74, 6) is 0.683. The van der Waals surface area contributed by atoms with E-state index in [2.05, 4.69) is 4.98 Å². The minimum Gasteiger partial charge on any atom is -0.497 e. The monoisotopic (exact) mass is 302 g/mol. The van der Waals surface area contributed by atoms with Crippen molar-refractivity contribution in [3.63, 3.8) is 0 Å². The van der Waals surface area contributed by atoms with Crippen LogP contribution in [0.3, 0.4) is 0 Å². The van der Waals surface area contributed by atoms with Gasteiger partial charge in [0.15, 0.2) is 0 Å². The number of rotatable bonds is 6. The van der Waals surface area contributed by atoms with Crippen LogP contribution in [0.1, 0.15) is 32.1 Å². The van der Waals surface area contributed by atoms with Gasteiger partial charge in [0.1, 0.15) is 5.75 Å². The van der Waals surface area contributed by atoms with Crippen LogP contribution in [0.2, 0.25) is 0 Å². The average molecular weight is 302 g/mol. The summed E-state index contributed by atoms with van der Waals surface area (Å²) in [7, 11) is 1.60. The second kappa shape index (κ2) is 6.92. The molecule has 118 valence electrons. The van der Waals surface area contributed by atoms with E-state index < -0.39 is 0 Å². The highest BCUT2D eigenvalue weighted by Crippen LogP contribution is 2.18. The summed E-state index contributed by atoms with van der Waals surface area (Å²) in [6.07, 6.45) is 7.56. The molecule has 5 nitrogen and oxygen atoms in total. The van der Waals surface area contributed by atoms with E-state index in [1.54, 1.807) is 24.1 Å². The molecule has 2 heterocycles. The third kappa shape index (κ3) is 3.30. The fourth-order valence-corrected chi connectivity index (χ4v) is 2.95. The number of methoxy groups -OCH3 is 1. The molecule has 3 rings (SSSR count). The van der Waals surface area contributed by atoms with Gasteiger partial charge in [-0.1, -0.05) is 0 Å². The number of ether oxygens (including phenoxy) is 2. The molecule has 0 aliphatic carbocycles. The maximum atomic E-state index is 12.5. The molecular formula is C17H22N2O3. The smallest absolute Gasteiger partial charge is 0.261 e. The molecule has 0 amide bonds. The van der Waals surface area contributed by atoms with E-state index in [0.29, 0.717) is 29.3 Å². The number of benzene rings is 1. The van der Waals surface area contributed by atoms with Crippen LogP contribution >= 0.6 is 0 Å². The second-order valence-electron chi connectivity index (χ2n) is 5.76. The van der Waals surface area contributed by atoms with Crippen molar-refractivity contribution < 1.29 is 9.47 Å². The van der Waals surface area contributed by atoms with Gasteiger partial charge in [0.05, 0.1) is 30.4 Å². The Morgan fingerprint density at radius 1 is 1.41 bits per heavy atom. The highest BCUT2D eigenvalue weighted by Gasteiger charge is 2.14. The Morgan fingerprint density at radius 2 is 2.32 bits per heavy atom. The largest absolute Gasteiger partial charge is 0.497 e. The Hall–Kier alpha value is -1.88. The third-order valence-electron chi connectivity index (χ3n) is 4.23. The fourth-order valence-electron chi connectivity index (χ4n) is 2.95. The van der Waals surface area contributed by atoms with Gasteiger partial charge in [0, 0.05) is 13.2 Å². The van der Waals surface area contributed by atoms with E-state index in [9.17, 15) is 4.79 Å². The lowest BCUT2D eigenvalue weighted by atomic mass is 10.1. The van der Waals surface area contributed by atoms with Gasteiger partial charge in [-0.2, -0.15) is 0 Å². The fraction of sp³-hybridized carbons (Fsp3) is 0.529. The highest BCUT2D eigenvalue weighted by atomic mass is 16.5. The molecule has 0 radical (unpaired) electrons. The number of unbranched alkanes of at least 4 members (excludes halogenated alkanes) is 1. The van der Waals surface area contributed by atoms with Crippen molar-refractivity contribution in [2.75, 3.05) is 13.7 Å². The molecule has 0 unspecified atom stereocenters. The summed E-state index contributed by atoms with van der Waals surface area (Å²) >= 11 is 0. The first-order valence-electron chi connectivity index (χ1n) is 7.93. The Balaban J connectivity index is 1.65. The lowest BCUT2D eigenvalue weighted by molar-refractivity contribution is 0.102. The zero-order valence-corrected chi connectivity index (χ0v) is 13.0. The summed E-state index contributed by atoms with van der Waals surface area (Å²) in [5, 5.41) is 0.612. The summed E-state index contributed by atoms with van der Waals surface area (Å²) < 4.78 is 12.5. The molecule has 1 aromatic heterocycles. The van der Waals surface area contributed by atoms with Crippen molar-refractivity contribution in [3.05, 3.63) is 34.9 Å². The number of nitrogens with zero attached hydrogens (tertiary/aromatic N) is 2. The predicted octanol–water partition coefficient (Wildman–Crippen LogP) is 2.75. The number of hydrogen-bond acceptors (Lipinski definition) is 4. The maximum absolute atomic E-state index is 12.5. The molecule has 1 atom stereocenters. The summed E-state index contributed by atoms with van der Waals surface area (Å²) in [6.45, 7) is 1.60. The standard InChI is InChI=1S/C17H22N2O3/c1-21-14-7-8-16-15(11-14)17(20)19(12-18-16)9-3-2-5-13-6-4-10-22-13/h7-8,11-13H,2-6,9-10H2,1H3/t13-/m1/s1. The van der Waals surface area contributed by atoms with Crippen molar-refractivity contribution in [2.24, 2.45) is 0 Å². The van der Waals surface area contributed by atoms with Gasteiger partial charge in [0.2, 0.25) is 0 Å². The number of fused-ring (bicyclic) bond motifs is 1. The van der Waals surface area contributed by atoms with E-state index in [1.165, 1.54) is 12.8 Å². The van der Waals surface area contributed by atoms with Crippen molar-refractivity contribution in [3.8, 4) is 5.75 Å².